The molecule has 0 unspecified atom stereocenters. The maximum atomic E-state index is 7.58. The predicted molar refractivity (Wildman–Crippen MR) is 68.5 cm³/mol. The number of benzene rings is 1. The maximum absolute atomic E-state index is 7.58. The quantitative estimate of drug-likeness (QED) is 0.625. The van der Waals surface area contributed by atoms with Gasteiger partial charge in [-0.05, 0) is 38.0 Å². The van der Waals surface area contributed by atoms with Crippen LogP contribution in [0.4, 0.5) is 5.69 Å². The molecule has 0 saturated heterocycles. The standard InChI is InChI=1S/C12H16ClN3/c1-2-16(9-4-5-9)11-7-8(13)3-6-10(11)12(14)15/h3,6-7,9H,2,4-5H2,1H3,(H3,14,15). The Balaban J connectivity index is 2.42. The van der Waals surface area contributed by atoms with Gasteiger partial charge in [0, 0.05) is 28.9 Å². The highest BCUT2D eigenvalue weighted by molar-refractivity contribution is 6.31. The van der Waals surface area contributed by atoms with Gasteiger partial charge in [0.25, 0.3) is 0 Å². The summed E-state index contributed by atoms with van der Waals surface area (Å²) in [6.07, 6.45) is 2.44. The molecule has 1 aromatic rings. The Hall–Kier alpha value is -1.22. The third kappa shape index (κ3) is 2.14. The van der Waals surface area contributed by atoms with Gasteiger partial charge in [-0.3, -0.25) is 5.41 Å². The highest BCUT2D eigenvalue weighted by atomic mass is 35.5. The normalized spacial score (nSPS) is 14.9. The Bertz CT molecular complexity index is 413. The molecule has 0 heterocycles. The molecule has 0 aromatic heterocycles. The summed E-state index contributed by atoms with van der Waals surface area (Å²) >= 11 is 6.01. The largest absolute Gasteiger partial charge is 0.384 e. The number of amidine groups is 1. The van der Waals surface area contributed by atoms with E-state index in [1.54, 1.807) is 6.07 Å². The highest BCUT2D eigenvalue weighted by Crippen LogP contribution is 2.34. The Morgan fingerprint density at radius 3 is 2.75 bits per heavy atom. The zero-order valence-corrected chi connectivity index (χ0v) is 10.1. The summed E-state index contributed by atoms with van der Waals surface area (Å²) in [5.74, 6) is 0.103. The third-order valence-corrected chi connectivity index (χ3v) is 3.12. The molecule has 4 heteroatoms. The topological polar surface area (TPSA) is 53.1 Å². The maximum Gasteiger partial charge on any atom is 0.124 e. The summed E-state index contributed by atoms with van der Waals surface area (Å²) in [6.45, 7) is 3.04. The second-order valence-corrected chi connectivity index (χ2v) is 4.53. The lowest BCUT2D eigenvalue weighted by molar-refractivity contribution is 0.825. The minimum atomic E-state index is 0.103. The summed E-state index contributed by atoms with van der Waals surface area (Å²) in [7, 11) is 0. The first-order chi connectivity index (χ1) is 7.63. The van der Waals surface area contributed by atoms with E-state index in [0.29, 0.717) is 11.1 Å². The van der Waals surface area contributed by atoms with Crippen molar-refractivity contribution < 1.29 is 0 Å². The minimum absolute atomic E-state index is 0.103. The molecule has 1 fully saturated rings. The fourth-order valence-corrected chi connectivity index (χ4v) is 2.15. The van der Waals surface area contributed by atoms with Crippen molar-refractivity contribution >= 4 is 23.1 Å². The van der Waals surface area contributed by atoms with Gasteiger partial charge >= 0.3 is 0 Å². The van der Waals surface area contributed by atoms with E-state index in [1.807, 2.05) is 12.1 Å². The summed E-state index contributed by atoms with van der Waals surface area (Å²) in [6, 6.07) is 6.11. The van der Waals surface area contributed by atoms with E-state index in [9.17, 15) is 0 Å². The summed E-state index contributed by atoms with van der Waals surface area (Å²) < 4.78 is 0. The number of halogens is 1. The number of nitrogens with two attached hydrogens (primary N) is 1. The zero-order valence-electron chi connectivity index (χ0n) is 9.33. The average Bonchev–Trinajstić information content (AvgIpc) is 3.03. The Labute approximate surface area is 101 Å². The number of rotatable bonds is 4. The molecule has 2 rings (SSSR count). The molecule has 1 saturated carbocycles. The Morgan fingerprint density at radius 2 is 2.25 bits per heavy atom. The van der Waals surface area contributed by atoms with Crippen LogP contribution in [0.3, 0.4) is 0 Å². The van der Waals surface area contributed by atoms with Crippen LogP contribution in [0.15, 0.2) is 18.2 Å². The molecule has 0 spiro atoms. The monoisotopic (exact) mass is 237 g/mol. The lowest BCUT2D eigenvalue weighted by Gasteiger charge is -2.25. The lowest BCUT2D eigenvalue weighted by Crippen LogP contribution is -2.28. The van der Waals surface area contributed by atoms with Gasteiger partial charge in [-0.1, -0.05) is 11.6 Å². The number of nitrogen functional groups attached to an aromatic ring is 1. The molecule has 0 radical (unpaired) electrons. The van der Waals surface area contributed by atoms with Crippen molar-refractivity contribution in [1.29, 1.82) is 5.41 Å². The van der Waals surface area contributed by atoms with Crippen molar-refractivity contribution in [2.45, 2.75) is 25.8 Å². The molecule has 1 aromatic carbocycles. The van der Waals surface area contributed by atoms with Crippen LogP contribution < -0.4 is 10.6 Å². The van der Waals surface area contributed by atoms with Crippen molar-refractivity contribution in [2.75, 3.05) is 11.4 Å². The van der Waals surface area contributed by atoms with E-state index >= 15 is 0 Å². The first-order valence-electron chi connectivity index (χ1n) is 5.54. The SMILES string of the molecule is CCN(c1cc(Cl)ccc1C(=N)N)C1CC1. The molecule has 16 heavy (non-hydrogen) atoms. The fraction of sp³-hybridized carbons (Fsp3) is 0.417. The van der Waals surface area contributed by atoms with E-state index < -0.39 is 0 Å². The Kier molecular flexibility index (Phi) is 3.06. The van der Waals surface area contributed by atoms with E-state index in [0.717, 1.165) is 17.8 Å². The van der Waals surface area contributed by atoms with E-state index in [2.05, 4.69) is 11.8 Å². The zero-order chi connectivity index (χ0) is 11.7. The van der Waals surface area contributed by atoms with Crippen LogP contribution in [0.2, 0.25) is 5.02 Å². The molecule has 86 valence electrons. The van der Waals surface area contributed by atoms with Crippen LogP contribution in [0.1, 0.15) is 25.3 Å². The van der Waals surface area contributed by atoms with E-state index in [-0.39, 0.29) is 5.84 Å². The molecule has 0 aliphatic heterocycles. The first kappa shape index (κ1) is 11.3. The van der Waals surface area contributed by atoms with Gasteiger partial charge in [0.2, 0.25) is 0 Å². The molecule has 1 aliphatic rings. The summed E-state index contributed by atoms with van der Waals surface area (Å²) in [5.41, 5.74) is 7.36. The lowest BCUT2D eigenvalue weighted by atomic mass is 10.1. The van der Waals surface area contributed by atoms with Gasteiger partial charge in [-0.2, -0.15) is 0 Å². The third-order valence-electron chi connectivity index (χ3n) is 2.89. The van der Waals surface area contributed by atoms with Gasteiger partial charge in [0.15, 0.2) is 0 Å². The fourth-order valence-electron chi connectivity index (χ4n) is 1.98. The highest BCUT2D eigenvalue weighted by Gasteiger charge is 2.29. The van der Waals surface area contributed by atoms with Crippen LogP contribution in [0, 0.1) is 5.41 Å². The van der Waals surface area contributed by atoms with Crippen LogP contribution in [0.5, 0.6) is 0 Å². The molecule has 0 amide bonds. The minimum Gasteiger partial charge on any atom is -0.384 e. The van der Waals surface area contributed by atoms with Gasteiger partial charge < -0.3 is 10.6 Å². The number of nitrogens with zero attached hydrogens (tertiary/aromatic N) is 1. The summed E-state index contributed by atoms with van der Waals surface area (Å²) in [4.78, 5) is 2.28. The Morgan fingerprint density at radius 1 is 1.56 bits per heavy atom. The van der Waals surface area contributed by atoms with Gasteiger partial charge in [0.05, 0.1) is 0 Å². The molecule has 1 aliphatic carbocycles. The molecular weight excluding hydrogens is 222 g/mol. The average molecular weight is 238 g/mol. The summed E-state index contributed by atoms with van der Waals surface area (Å²) in [5, 5.41) is 8.28. The first-order valence-corrected chi connectivity index (χ1v) is 5.92. The van der Waals surface area contributed by atoms with Gasteiger partial charge in [-0.15, -0.1) is 0 Å². The second kappa shape index (κ2) is 4.34. The predicted octanol–water partition coefficient (Wildman–Crippen LogP) is 2.61. The number of anilines is 1. The molecule has 3 N–H and O–H groups in total. The van der Waals surface area contributed by atoms with Gasteiger partial charge in [0.1, 0.15) is 5.84 Å². The van der Waals surface area contributed by atoms with Crippen molar-refractivity contribution in [2.24, 2.45) is 5.73 Å². The number of nitrogens with one attached hydrogen (secondary N) is 1. The number of hydrogen-bond donors (Lipinski definition) is 2. The van der Waals surface area contributed by atoms with Crippen LogP contribution >= 0.6 is 11.6 Å². The molecule has 0 bridgehead atoms. The molecular formula is C12H16ClN3. The second-order valence-electron chi connectivity index (χ2n) is 4.09. The molecule has 3 nitrogen and oxygen atoms in total. The van der Waals surface area contributed by atoms with Crippen molar-refractivity contribution in [1.82, 2.24) is 0 Å². The van der Waals surface area contributed by atoms with Gasteiger partial charge in [-0.25, -0.2) is 0 Å². The smallest absolute Gasteiger partial charge is 0.124 e. The van der Waals surface area contributed by atoms with Crippen LogP contribution in [0.25, 0.3) is 0 Å². The van der Waals surface area contributed by atoms with Crippen molar-refractivity contribution in [3.8, 4) is 0 Å². The van der Waals surface area contributed by atoms with E-state index in [4.69, 9.17) is 22.7 Å². The van der Waals surface area contributed by atoms with E-state index in [1.165, 1.54) is 12.8 Å². The van der Waals surface area contributed by atoms with Crippen molar-refractivity contribution in [3.63, 3.8) is 0 Å². The van der Waals surface area contributed by atoms with Crippen molar-refractivity contribution in [3.05, 3.63) is 28.8 Å². The van der Waals surface area contributed by atoms with Crippen LogP contribution in [-0.4, -0.2) is 18.4 Å². The van der Waals surface area contributed by atoms with Crippen LogP contribution in [-0.2, 0) is 0 Å². The molecule has 0 atom stereocenters. The number of hydrogen-bond acceptors (Lipinski definition) is 2.